The maximum absolute atomic E-state index is 10.9. The van der Waals surface area contributed by atoms with E-state index in [0.717, 1.165) is 29.9 Å². The number of nitrogens with zero attached hydrogens (tertiary/aromatic N) is 5. The molecule has 0 atom stereocenters. The Morgan fingerprint density at radius 3 is 2.78 bits per heavy atom. The zero-order valence-electron chi connectivity index (χ0n) is 10.9. The molecule has 0 fully saturated rings. The van der Waals surface area contributed by atoms with Gasteiger partial charge >= 0.3 is 0 Å². The Hall–Kier alpha value is -1.98. The van der Waals surface area contributed by atoms with E-state index < -0.39 is 0 Å². The van der Waals surface area contributed by atoms with Gasteiger partial charge in [0.2, 0.25) is 0 Å². The number of aryl methyl sites for hydroxylation is 1. The molecule has 0 aromatic carbocycles. The lowest BCUT2D eigenvalue weighted by Gasteiger charge is -2.10. The molecule has 18 heavy (non-hydrogen) atoms. The maximum atomic E-state index is 10.9. The van der Waals surface area contributed by atoms with E-state index >= 15 is 0 Å². The van der Waals surface area contributed by atoms with Crippen molar-refractivity contribution in [3.8, 4) is 0 Å². The number of anilines is 1. The first-order valence-corrected chi connectivity index (χ1v) is 5.92. The van der Waals surface area contributed by atoms with E-state index in [9.17, 15) is 4.79 Å². The SMILES string of the molecule is CC(=O)CCCn1cnc2c(N(C)C)ncnc21. The average Bonchev–Trinajstić information content (AvgIpc) is 2.72. The van der Waals surface area contributed by atoms with Gasteiger partial charge < -0.3 is 14.3 Å². The molecule has 6 nitrogen and oxygen atoms in total. The van der Waals surface area contributed by atoms with Crippen LogP contribution < -0.4 is 4.90 Å². The molecule has 0 unspecified atom stereocenters. The van der Waals surface area contributed by atoms with Crippen molar-refractivity contribution < 1.29 is 4.79 Å². The van der Waals surface area contributed by atoms with Crippen molar-refractivity contribution in [3.05, 3.63) is 12.7 Å². The van der Waals surface area contributed by atoms with E-state index in [1.807, 2.05) is 23.6 Å². The normalized spacial score (nSPS) is 10.8. The fourth-order valence-corrected chi connectivity index (χ4v) is 1.86. The van der Waals surface area contributed by atoms with Crippen molar-refractivity contribution >= 4 is 22.8 Å². The standard InChI is InChI=1S/C12H17N5O/c1-9(18)5-4-6-17-8-15-10-11(16(2)3)13-7-14-12(10)17/h7-8H,4-6H2,1-3H3. The average molecular weight is 247 g/mol. The fourth-order valence-electron chi connectivity index (χ4n) is 1.86. The molecular formula is C12H17N5O. The van der Waals surface area contributed by atoms with Crippen LogP contribution in [0.15, 0.2) is 12.7 Å². The summed E-state index contributed by atoms with van der Waals surface area (Å²) in [4.78, 5) is 25.7. The van der Waals surface area contributed by atoms with Gasteiger partial charge in [-0.1, -0.05) is 0 Å². The number of fused-ring (bicyclic) bond motifs is 1. The summed E-state index contributed by atoms with van der Waals surface area (Å²) in [6.45, 7) is 2.36. The van der Waals surface area contributed by atoms with Crippen molar-refractivity contribution in [2.45, 2.75) is 26.3 Å². The molecule has 0 N–H and O–H groups in total. The van der Waals surface area contributed by atoms with Gasteiger partial charge in [-0.3, -0.25) is 0 Å². The van der Waals surface area contributed by atoms with Crippen molar-refractivity contribution in [1.82, 2.24) is 19.5 Å². The number of carbonyl (C=O) groups excluding carboxylic acids is 1. The molecule has 0 saturated heterocycles. The number of hydrogen-bond donors (Lipinski definition) is 0. The van der Waals surface area contributed by atoms with Gasteiger partial charge in [0.15, 0.2) is 17.0 Å². The molecule has 0 spiro atoms. The molecule has 0 amide bonds. The molecule has 0 aliphatic heterocycles. The van der Waals surface area contributed by atoms with Crippen molar-refractivity contribution in [1.29, 1.82) is 0 Å². The Labute approximate surface area is 106 Å². The summed E-state index contributed by atoms with van der Waals surface area (Å²) in [5, 5.41) is 0. The van der Waals surface area contributed by atoms with Crippen LogP contribution in [0, 0.1) is 0 Å². The molecule has 2 heterocycles. The van der Waals surface area contributed by atoms with Crippen LogP contribution in [-0.4, -0.2) is 39.4 Å². The smallest absolute Gasteiger partial charge is 0.165 e. The molecule has 0 aliphatic carbocycles. The monoisotopic (exact) mass is 247 g/mol. The van der Waals surface area contributed by atoms with Gasteiger partial charge in [0.05, 0.1) is 6.33 Å². The highest BCUT2D eigenvalue weighted by Gasteiger charge is 2.11. The van der Waals surface area contributed by atoms with E-state index in [1.165, 1.54) is 0 Å². The van der Waals surface area contributed by atoms with Crippen LogP contribution in [0.4, 0.5) is 5.82 Å². The summed E-state index contributed by atoms with van der Waals surface area (Å²) in [6, 6.07) is 0. The lowest BCUT2D eigenvalue weighted by Crippen LogP contribution is -2.11. The largest absolute Gasteiger partial charge is 0.361 e. The number of carbonyl (C=O) groups is 1. The summed E-state index contributed by atoms with van der Waals surface area (Å²) >= 11 is 0. The predicted octanol–water partition coefficient (Wildman–Crippen LogP) is 1.26. The quantitative estimate of drug-likeness (QED) is 0.796. The number of Topliss-reactive ketones (excluding diaryl/α,β-unsaturated/α-hetero) is 1. The Morgan fingerprint density at radius 2 is 2.11 bits per heavy atom. The second-order valence-electron chi connectivity index (χ2n) is 4.51. The molecule has 2 aromatic rings. The van der Waals surface area contributed by atoms with Crippen LogP contribution >= 0.6 is 0 Å². The molecule has 2 rings (SSSR count). The molecule has 0 aliphatic rings. The summed E-state index contributed by atoms with van der Waals surface area (Å²) in [5.74, 6) is 1.02. The first kappa shape index (κ1) is 12.5. The minimum atomic E-state index is 0.211. The summed E-state index contributed by atoms with van der Waals surface area (Å²) in [6.07, 6.45) is 4.70. The minimum absolute atomic E-state index is 0.211. The molecular weight excluding hydrogens is 230 g/mol. The molecule has 2 aromatic heterocycles. The van der Waals surface area contributed by atoms with E-state index in [2.05, 4.69) is 15.0 Å². The number of imidazole rings is 1. The highest BCUT2D eigenvalue weighted by Crippen LogP contribution is 2.19. The van der Waals surface area contributed by atoms with E-state index in [0.29, 0.717) is 6.42 Å². The van der Waals surface area contributed by atoms with Crippen LogP contribution in [0.2, 0.25) is 0 Å². The number of hydrogen-bond acceptors (Lipinski definition) is 5. The zero-order chi connectivity index (χ0) is 13.1. The molecule has 0 bridgehead atoms. The summed E-state index contributed by atoms with van der Waals surface area (Å²) in [7, 11) is 3.85. The Kier molecular flexibility index (Phi) is 3.55. The van der Waals surface area contributed by atoms with Crippen molar-refractivity contribution in [2.75, 3.05) is 19.0 Å². The van der Waals surface area contributed by atoms with Crippen LogP contribution in [0.1, 0.15) is 19.8 Å². The third kappa shape index (κ3) is 2.47. The Bertz CT molecular complexity index is 561. The van der Waals surface area contributed by atoms with Crippen molar-refractivity contribution in [3.63, 3.8) is 0 Å². The van der Waals surface area contributed by atoms with Crippen LogP contribution in [-0.2, 0) is 11.3 Å². The van der Waals surface area contributed by atoms with Gasteiger partial charge in [-0.2, -0.15) is 0 Å². The fraction of sp³-hybridized carbons (Fsp3) is 0.500. The molecule has 0 saturated carbocycles. The third-order valence-electron chi connectivity index (χ3n) is 2.73. The first-order valence-electron chi connectivity index (χ1n) is 5.92. The maximum Gasteiger partial charge on any atom is 0.165 e. The molecule has 6 heteroatoms. The van der Waals surface area contributed by atoms with Crippen LogP contribution in [0.25, 0.3) is 11.2 Å². The van der Waals surface area contributed by atoms with Crippen molar-refractivity contribution in [2.24, 2.45) is 0 Å². The Morgan fingerprint density at radius 1 is 1.33 bits per heavy atom. The van der Waals surface area contributed by atoms with Gasteiger partial charge in [-0.15, -0.1) is 0 Å². The van der Waals surface area contributed by atoms with Gasteiger partial charge in [0, 0.05) is 27.1 Å². The zero-order valence-corrected chi connectivity index (χ0v) is 10.9. The number of ketones is 1. The molecule has 96 valence electrons. The predicted molar refractivity (Wildman–Crippen MR) is 69.6 cm³/mol. The topological polar surface area (TPSA) is 63.9 Å². The van der Waals surface area contributed by atoms with Gasteiger partial charge in [-0.05, 0) is 13.3 Å². The highest BCUT2D eigenvalue weighted by molar-refractivity contribution is 5.83. The Balaban J connectivity index is 2.25. The third-order valence-corrected chi connectivity index (χ3v) is 2.73. The summed E-state index contributed by atoms with van der Waals surface area (Å²) in [5.41, 5.74) is 1.61. The number of rotatable bonds is 5. The van der Waals surface area contributed by atoms with E-state index in [-0.39, 0.29) is 5.78 Å². The second kappa shape index (κ2) is 5.12. The van der Waals surface area contributed by atoms with E-state index in [4.69, 9.17) is 0 Å². The van der Waals surface area contributed by atoms with E-state index in [1.54, 1.807) is 19.6 Å². The molecule has 0 radical (unpaired) electrons. The first-order chi connectivity index (χ1) is 8.59. The highest BCUT2D eigenvalue weighted by atomic mass is 16.1. The lowest BCUT2D eigenvalue weighted by molar-refractivity contribution is -0.117. The van der Waals surface area contributed by atoms with Gasteiger partial charge in [-0.25, -0.2) is 15.0 Å². The lowest BCUT2D eigenvalue weighted by atomic mass is 10.2. The van der Waals surface area contributed by atoms with Crippen LogP contribution in [0.3, 0.4) is 0 Å². The van der Waals surface area contributed by atoms with Gasteiger partial charge in [0.1, 0.15) is 12.1 Å². The van der Waals surface area contributed by atoms with Crippen LogP contribution in [0.5, 0.6) is 0 Å². The summed E-state index contributed by atoms with van der Waals surface area (Å²) < 4.78 is 1.97. The number of aromatic nitrogens is 4. The minimum Gasteiger partial charge on any atom is -0.361 e. The second-order valence-corrected chi connectivity index (χ2v) is 4.51. The van der Waals surface area contributed by atoms with Gasteiger partial charge in [0.25, 0.3) is 0 Å².